The first-order valence-electron chi connectivity index (χ1n) is 5.92. The molecule has 86 valence electrons. The maximum Gasteiger partial charge on any atom is 0.140 e. The van der Waals surface area contributed by atoms with Gasteiger partial charge in [0.15, 0.2) is 0 Å². The molecule has 2 rings (SSSR count). The summed E-state index contributed by atoms with van der Waals surface area (Å²) in [5.74, 6) is 0.589. The fourth-order valence-corrected chi connectivity index (χ4v) is 2.16. The van der Waals surface area contributed by atoms with E-state index in [-0.39, 0.29) is 5.92 Å². The molecule has 1 aromatic carbocycles. The van der Waals surface area contributed by atoms with Crippen LogP contribution < -0.4 is 0 Å². The second kappa shape index (κ2) is 5.26. The van der Waals surface area contributed by atoms with Crippen molar-refractivity contribution >= 4 is 5.78 Å². The molecule has 2 heteroatoms. The first kappa shape index (κ1) is 11.3. The molecule has 1 saturated heterocycles. The Morgan fingerprint density at radius 3 is 2.69 bits per heavy atom. The van der Waals surface area contributed by atoms with Gasteiger partial charge in [0, 0.05) is 25.6 Å². The van der Waals surface area contributed by atoms with Crippen molar-refractivity contribution in [3.05, 3.63) is 35.4 Å². The Bertz CT molecular complexity index is 365. The van der Waals surface area contributed by atoms with Gasteiger partial charge in [-0.1, -0.05) is 24.3 Å². The Balaban J connectivity index is 1.99. The van der Waals surface area contributed by atoms with Crippen LogP contribution in [0.5, 0.6) is 0 Å². The van der Waals surface area contributed by atoms with Gasteiger partial charge in [0.25, 0.3) is 0 Å². The zero-order valence-electron chi connectivity index (χ0n) is 9.74. The van der Waals surface area contributed by atoms with Gasteiger partial charge < -0.3 is 4.74 Å². The van der Waals surface area contributed by atoms with Crippen molar-refractivity contribution in [3.63, 3.8) is 0 Å². The van der Waals surface area contributed by atoms with Crippen molar-refractivity contribution < 1.29 is 9.53 Å². The van der Waals surface area contributed by atoms with E-state index in [2.05, 4.69) is 13.0 Å². The first-order valence-corrected chi connectivity index (χ1v) is 5.92. The molecule has 1 aliphatic rings. The zero-order valence-corrected chi connectivity index (χ0v) is 9.74. The number of ketones is 1. The van der Waals surface area contributed by atoms with Gasteiger partial charge in [0.2, 0.25) is 0 Å². The van der Waals surface area contributed by atoms with Crippen molar-refractivity contribution in [3.8, 4) is 0 Å². The molecule has 0 N–H and O–H groups in total. The standard InChI is InChI=1S/C14H18O2/c1-11-4-2-3-5-13(11)10-14(15)12-6-8-16-9-7-12/h2-5,12H,6-10H2,1H3. The van der Waals surface area contributed by atoms with Crippen molar-refractivity contribution in [1.29, 1.82) is 0 Å². The molecular formula is C14H18O2. The molecule has 0 radical (unpaired) electrons. The van der Waals surface area contributed by atoms with Crippen LogP contribution in [0.1, 0.15) is 24.0 Å². The monoisotopic (exact) mass is 218 g/mol. The summed E-state index contributed by atoms with van der Waals surface area (Å²) in [6, 6.07) is 8.12. The predicted molar refractivity (Wildman–Crippen MR) is 63.4 cm³/mol. The molecule has 0 bridgehead atoms. The topological polar surface area (TPSA) is 26.3 Å². The number of aryl methyl sites for hydroxylation is 1. The van der Waals surface area contributed by atoms with E-state index in [1.165, 1.54) is 11.1 Å². The van der Waals surface area contributed by atoms with Gasteiger partial charge >= 0.3 is 0 Å². The molecule has 0 amide bonds. The Hall–Kier alpha value is -1.15. The summed E-state index contributed by atoms with van der Waals surface area (Å²) in [5, 5.41) is 0. The molecule has 0 aromatic heterocycles. The summed E-state index contributed by atoms with van der Waals surface area (Å²) in [5.41, 5.74) is 2.38. The second-order valence-electron chi connectivity index (χ2n) is 4.46. The summed E-state index contributed by atoms with van der Waals surface area (Å²) in [7, 11) is 0. The number of rotatable bonds is 3. The Morgan fingerprint density at radius 1 is 1.31 bits per heavy atom. The van der Waals surface area contributed by atoms with E-state index < -0.39 is 0 Å². The fraction of sp³-hybridized carbons (Fsp3) is 0.500. The van der Waals surface area contributed by atoms with Crippen LogP contribution in [0.2, 0.25) is 0 Å². The highest BCUT2D eigenvalue weighted by Gasteiger charge is 2.21. The lowest BCUT2D eigenvalue weighted by Gasteiger charge is -2.21. The lowest BCUT2D eigenvalue weighted by Crippen LogP contribution is -2.24. The van der Waals surface area contributed by atoms with Crippen LogP contribution in [0, 0.1) is 12.8 Å². The minimum atomic E-state index is 0.216. The molecule has 1 fully saturated rings. The van der Waals surface area contributed by atoms with Gasteiger partial charge in [-0.05, 0) is 30.9 Å². The molecule has 1 aromatic rings. The van der Waals surface area contributed by atoms with E-state index in [4.69, 9.17) is 4.74 Å². The minimum Gasteiger partial charge on any atom is -0.381 e. The Kier molecular flexibility index (Phi) is 3.73. The Morgan fingerprint density at radius 2 is 2.00 bits per heavy atom. The number of carbonyl (C=O) groups excluding carboxylic acids is 1. The zero-order chi connectivity index (χ0) is 11.4. The smallest absolute Gasteiger partial charge is 0.140 e. The van der Waals surface area contributed by atoms with Crippen molar-refractivity contribution in [2.45, 2.75) is 26.2 Å². The lowest BCUT2D eigenvalue weighted by atomic mass is 9.90. The van der Waals surface area contributed by atoms with E-state index in [0.717, 1.165) is 26.1 Å². The largest absolute Gasteiger partial charge is 0.381 e. The summed E-state index contributed by atoms with van der Waals surface area (Å²) < 4.78 is 5.27. The average Bonchev–Trinajstić information content (AvgIpc) is 2.33. The van der Waals surface area contributed by atoms with Crippen LogP contribution in [-0.4, -0.2) is 19.0 Å². The van der Waals surface area contributed by atoms with Gasteiger partial charge in [-0.3, -0.25) is 4.79 Å². The van der Waals surface area contributed by atoms with E-state index in [0.29, 0.717) is 12.2 Å². The van der Waals surface area contributed by atoms with Crippen LogP contribution >= 0.6 is 0 Å². The van der Waals surface area contributed by atoms with E-state index in [1.807, 2.05) is 18.2 Å². The van der Waals surface area contributed by atoms with Crippen LogP contribution in [0.3, 0.4) is 0 Å². The highest BCUT2D eigenvalue weighted by molar-refractivity contribution is 5.83. The van der Waals surface area contributed by atoms with E-state index in [9.17, 15) is 4.79 Å². The van der Waals surface area contributed by atoms with Crippen LogP contribution in [-0.2, 0) is 16.0 Å². The number of benzene rings is 1. The molecule has 1 aliphatic heterocycles. The van der Waals surface area contributed by atoms with Crippen LogP contribution in [0.4, 0.5) is 0 Å². The highest BCUT2D eigenvalue weighted by atomic mass is 16.5. The number of hydrogen-bond donors (Lipinski definition) is 0. The number of ether oxygens (including phenoxy) is 1. The molecule has 0 spiro atoms. The Labute approximate surface area is 96.6 Å². The summed E-state index contributed by atoms with van der Waals surface area (Å²) in [6.45, 7) is 3.54. The molecule has 0 saturated carbocycles. The second-order valence-corrected chi connectivity index (χ2v) is 4.46. The predicted octanol–water partition coefficient (Wildman–Crippen LogP) is 2.53. The van der Waals surface area contributed by atoms with Gasteiger partial charge in [-0.2, -0.15) is 0 Å². The molecule has 2 nitrogen and oxygen atoms in total. The fourth-order valence-electron chi connectivity index (χ4n) is 2.16. The molecule has 0 atom stereocenters. The first-order chi connectivity index (χ1) is 7.77. The SMILES string of the molecule is Cc1ccccc1CC(=O)C1CCOCC1. The third kappa shape index (κ3) is 2.70. The number of Topliss-reactive ketones (excluding diaryl/α,β-unsaturated/α-hetero) is 1. The minimum absolute atomic E-state index is 0.216. The maximum atomic E-state index is 12.1. The lowest BCUT2D eigenvalue weighted by molar-refractivity contribution is -0.125. The van der Waals surface area contributed by atoms with Crippen molar-refractivity contribution in [2.75, 3.05) is 13.2 Å². The quantitative estimate of drug-likeness (QED) is 0.779. The van der Waals surface area contributed by atoms with Gasteiger partial charge in [-0.15, -0.1) is 0 Å². The van der Waals surface area contributed by atoms with Crippen molar-refractivity contribution in [2.24, 2.45) is 5.92 Å². The van der Waals surface area contributed by atoms with Gasteiger partial charge in [-0.25, -0.2) is 0 Å². The molecular weight excluding hydrogens is 200 g/mol. The average molecular weight is 218 g/mol. The maximum absolute atomic E-state index is 12.1. The van der Waals surface area contributed by atoms with Gasteiger partial charge in [0.1, 0.15) is 5.78 Å². The molecule has 1 heterocycles. The van der Waals surface area contributed by atoms with Crippen molar-refractivity contribution in [1.82, 2.24) is 0 Å². The normalized spacial score (nSPS) is 17.3. The summed E-state index contributed by atoms with van der Waals surface area (Å²) in [6.07, 6.45) is 2.37. The van der Waals surface area contributed by atoms with Gasteiger partial charge in [0.05, 0.1) is 0 Å². The number of carbonyl (C=O) groups is 1. The molecule has 16 heavy (non-hydrogen) atoms. The molecule has 0 aliphatic carbocycles. The third-order valence-electron chi connectivity index (χ3n) is 3.30. The van der Waals surface area contributed by atoms with E-state index in [1.54, 1.807) is 0 Å². The molecule has 0 unspecified atom stereocenters. The summed E-state index contributed by atoms with van der Waals surface area (Å²) >= 11 is 0. The summed E-state index contributed by atoms with van der Waals surface area (Å²) in [4.78, 5) is 12.1. The number of hydrogen-bond acceptors (Lipinski definition) is 2. The van der Waals surface area contributed by atoms with Crippen LogP contribution in [0.15, 0.2) is 24.3 Å². The third-order valence-corrected chi connectivity index (χ3v) is 3.30. The van der Waals surface area contributed by atoms with E-state index >= 15 is 0 Å². The van der Waals surface area contributed by atoms with Crippen LogP contribution in [0.25, 0.3) is 0 Å². The highest BCUT2D eigenvalue weighted by Crippen LogP contribution is 2.19.